The molecular formula is C17H16N4O3. The van der Waals surface area contributed by atoms with E-state index in [2.05, 4.69) is 10.3 Å². The molecule has 0 aromatic heterocycles. The Labute approximate surface area is 138 Å². The van der Waals surface area contributed by atoms with Crippen molar-refractivity contribution < 1.29 is 14.3 Å². The van der Waals surface area contributed by atoms with Gasteiger partial charge in [-0.25, -0.2) is 9.79 Å². The highest BCUT2D eigenvalue weighted by atomic mass is 16.5. The monoisotopic (exact) mass is 324 g/mol. The van der Waals surface area contributed by atoms with Gasteiger partial charge in [0.25, 0.3) is 5.91 Å². The summed E-state index contributed by atoms with van der Waals surface area (Å²) in [5, 5.41) is 2.76. The molecule has 1 amide bonds. The predicted molar refractivity (Wildman–Crippen MR) is 89.3 cm³/mol. The normalized spacial score (nSPS) is 12.8. The lowest BCUT2D eigenvalue weighted by Gasteiger charge is -2.17. The third-order valence-electron chi connectivity index (χ3n) is 3.58. The average molecular weight is 324 g/mol. The van der Waals surface area contributed by atoms with Crippen LogP contribution in [0.3, 0.4) is 0 Å². The molecule has 1 heterocycles. The number of carbonyl (C=O) groups excluding carboxylic acids is 2. The number of hydrogen-bond acceptors (Lipinski definition) is 4. The SMILES string of the molecule is NC(N)=Nc1ccc(C(=O)Oc2ccc3c(c2)C(=O)NCC3)cc1. The van der Waals surface area contributed by atoms with E-state index in [0.717, 1.165) is 12.0 Å². The molecule has 0 saturated carbocycles. The first kappa shape index (κ1) is 15.5. The summed E-state index contributed by atoms with van der Waals surface area (Å²) in [6.45, 7) is 0.618. The van der Waals surface area contributed by atoms with Crippen molar-refractivity contribution in [3.8, 4) is 5.75 Å². The van der Waals surface area contributed by atoms with Gasteiger partial charge in [-0.05, 0) is 48.4 Å². The largest absolute Gasteiger partial charge is 0.423 e. The van der Waals surface area contributed by atoms with Gasteiger partial charge in [0.15, 0.2) is 5.96 Å². The average Bonchev–Trinajstić information content (AvgIpc) is 2.56. The van der Waals surface area contributed by atoms with Crippen molar-refractivity contribution in [3.63, 3.8) is 0 Å². The van der Waals surface area contributed by atoms with Crippen LogP contribution in [-0.4, -0.2) is 24.4 Å². The lowest BCUT2D eigenvalue weighted by Crippen LogP contribution is -2.31. The highest BCUT2D eigenvalue weighted by Crippen LogP contribution is 2.22. The Balaban J connectivity index is 1.76. The molecule has 7 nitrogen and oxygen atoms in total. The molecule has 0 fully saturated rings. The molecular weight excluding hydrogens is 308 g/mol. The van der Waals surface area contributed by atoms with Gasteiger partial charge in [-0.2, -0.15) is 0 Å². The number of rotatable bonds is 3. The zero-order valence-corrected chi connectivity index (χ0v) is 12.8. The molecule has 0 saturated heterocycles. The van der Waals surface area contributed by atoms with Crippen LogP contribution in [0, 0.1) is 0 Å². The summed E-state index contributed by atoms with van der Waals surface area (Å²) in [7, 11) is 0. The van der Waals surface area contributed by atoms with Gasteiger partial charge in [0, 0.05) is 12.1 Å². The Morgan fingerprint density at radius 1 is 1.12 bits per heavy atom. The summed E-state index contributed by atoms with van der Waals surface area (Å²) in [6.07, 6.45) is 0.765. The second-order valence-corrected chi connectivity index (χ2v) is 5.30. The summed E-state index contributed by atoms with van der Waals surface area (Å²) < 4.78 is 5.33. The van der Waals surface area contributed by atoms with Crippen LogP contribution in [0.4, 0.5) is 5.69 Å². The van der Waals surface area contributed by atoms with Gasteiger partial charge >= 0.3 is 5.97 Å². The molecule has 0 unspecified atom stereocenters. The predicted octanol–water partition coefficient (Wildman–Crippen LogP) is 1.10. The number of fused-ring (bicyclic) bond motifs is 1. The topological polar surface area (TPSA) is 120 Å². The van der Waals surface area contributed by atoms with Gasteiger partial charge in [0.1, 0.15) is 5.75 Å². The number of amides is 1. The highest BCUT2D eigenvalue weighted by molar-refractivity contribution is 5.97. The molecule has 1 aliphatic heterocycles. The lowest BCUT2D eigenvalue weighted by atomic mass is 10.0. The zero-order chi connectivity index (χ0) is 17.1. The molecule has 24 heavy (non-hydrogen) atoms. The third kappa shape index (κ3) is 3.35. The Hall–Kier alpha value is -3.35. The number of guanidine groups is 1. The Morgan fingerprint density at radius 2 is 1.88 bits per heavy atom. The van der Waals surface area contributed by atoms with E-state index in [1.165, 1.54) is 0 Å². The summed E-state index contributed by atoms with van der Waals surface area (Å²) >= 11 is 0. The van der Waals surface area contributed by atoms with Crippen LogP contribution in [0.25, 0.3) is 0 Å². The first-order chi connectivity index (χ1) is 11.5. The summed E-state index contributed by atoms with van der Waals surface area (Å²) in [4.78, 5) is 27.9. The Morgan fingerprint density at radius 3 is 2.58 bits per heavy atom. The minimum absolute atomic E-state index is 0.0577. The van der Waals surface area contributed by atoms with Crippen molar-refractivity contribution in [2.24, 2.45) is 16.5 Å². The number of ether oxygens (including phenoxy) is 1. The number of benzene rings is 2. The van der Waals surface area contributed by atoms with Crippen LogP contribution in [0.15, 0.2) is 47.5 Å². The van der Waals surface area contributed by atoms with Gasteiger partial charge in [-0.3, -0.25) is 4.79 Å². The maximum Gasteiger partial charge on any atom is 0.343 e. The van der Waals surface area contributed by atoms with Crippen molar-refractivity contribution in [2.45, 2.75) is 6.42 Å². The van der Waals surface area contributed by atoms with Gasteiger partial charge in [-0.15, -0.1) is 0 Å². The Bertz CT molecular complexity index is 824. The third-order valence-corrected chi connectivity index (χ3v) is 3.58. The van der Waals surface area contributed by atoms with E-state index in [1.54, 1.807) is 42.5 Å². The van der Waals surface area contributed by atoms with E-state index >= 15 is 0 Å². The molecule has 0 aliphatic carbocycles. The molecule has 3 rings (SSSR count). The van der Waals surface area contributed by atoms with Crippen molar-refractivity contribution in [1.29, 1.82) is 0 Å². The summed E-state index contributed by atoms with van der Waals surface area (Å²) in [5.41, 5.74) is 13.0. The fraction of sp³-hybridized carbons (Fsp3) is 0.118. The van der Waals surface area contributed by atoms with Gasteiger partial charge in [-0.1, -0.05) is 6.07 Å². The van der Waals surface area contributed by atoms with Crippen LogP contribution in [0.2, 0.25) is 0 Å². The van der Waals surface area contributed by atoms with E-state index in [0.29, 0.717) is 29.1 Å². The fourth-order valence-electron chi connectivity index (χ4n) is 2.44. The summed E-state index contributed by atoms with van der Waals surface area (Å²) in [6, 6.07) is 11.4. The van der Waals surface area contributed by atoms with E-state index in [9.17, 15) is 9.59 Å². The number of nitrogens with zero attached hydrogens (tertiary/aromatic N) is 1. The first-order valence-electron chi connectivity index (χ1n) is 7.36. The maximum atomic E-state index is 12.2. The number of nitrogens with two attached hydrogens (primary N) is 2. The number of aliphatic imine (C=N–C) groups is 1. The van der Waals surface area contributed by atoms with Gasteiger partial charge in [0.05, 0.1) is 11.3 Å². The van der Waals surface area contributed by atoms with E-state index < -0.39 is 5.97 Å². The van der Waals surface area contributed by atoms with Crippen LogP contribution < -0.4 is 21.5 Å². The van der Waals surface area contributed by atoms with E-state index in [1.807, 2.05) is 0 Å². The molecule has 0 bridgehead atoms. The molecule has 2 aromatic carbocycles. The quantitative estimate of drug-likeness (QED) is 0.338. The maximum absolute atomic E-state index is 12.2. The molecule has 7 heteroatoms. The van der Waals surface area contributed by atoms with Crippen molar-refractivity contribution in [1.82, 2.24) is 5.32 Å². The molecule has 0 spiro atoms. The van der Waals surface area contributed by atoms with Gasteiger partial charge in [0.2, 0.25) is 0 Å². The van der Waals surface area contributed by atoms with E-state index in [4.69, 9.17) is 16.2 Å². The first-order valence-corrected chi connectivity index (χ1v) is 7.36. The van der Waals surface area contributed by atoms with Crippen LogP contribution >= 0.6 is 0 Å². The molecule has 1 aliphatic rings. The van der Waals surface area contributed by atoms with Crippen molar-refractivity contribution >= 4 is 23.5 Å². The van der Waals surface area contributed by atoms with Crippen LogP contribution in [0.5, 0.6) is 5.75 Å². The van der Waals surface area contributed by atoms with Crippen molar-refractivity contribution in [3.05, 3.63) is 59.2 Å². The minimum Gasteiger partial charge on any atom is -0.423 e. The highest BCUT2D eigenvalue weighted by Gasteiger charge is 2.18. The van der Waals surface area contributed by atoms with Crippen LogP contribution in [0.1, 0.15) is 26.3 Å². The number of esters is 1. The van der Waals surface area contributed by atoms with Crippen molar-refractivity contribution in [2.75, 3.05) is 6.54 Å². The second kappa shape index (κ2) is 6.41. The Kier molecular flexibility index (Phi) is 4.15. The number of nitrogens with one attached hydrogen (secondary N) is 1. The minimum atomic E-state index is -0.526. The molecule has 122 valence electrons. The second-order valence-electron chi connectivity index (χ2n) is 5.30. The number of hydrogen-bond donors (Lipinski definition) is 3. The number of carbonyl (C=O) groups is 2. The van der Waals surface area contributed by atoms with E-state index in [-0.39, 0.29) is 11.9 Å². The lowest BCUT2D eigenvalue weighted by molar-refractivity contribution is 0.0733. The smallest absolute Gasteiger partial charge is 0.343 e. The molecule has 5 N–H and O–H groups in total. The molecule has 0 atom stereocenters. The molecule has 2 aromatic rings. The molecule has 0 radical (unpaired) electrons. The standard InChI is InChI=1S/C17H16N4O3/c18-17(19)21-12-4-1-11(2-5-12)16(23)24-13-6-3-10-7-8-20-15(22)14(10)9-13/h1-6,9H,7-8H2,(H,20,22)(H4,18,19,21). The zero-order valence-electron chi connectivity index (χ0n) is 12.8. The summed E-state index contributed by atoms with van der Waals surface area (Å²) in [5.74, 6) is -0.417. The van der Waals surface area contributed by atoms with Crippen LogP contribution in [-0.2, 0) is 6.42 Å². The fourth-order valence-corrected chi connectivity index (χ4v) is 2.44. The van der Waals surface area contributed by atoms with Gasteiger partial charge < -0.3 is 21.5 Å².